The zero-order chi connectivity index (χ0) is 26.6. The second kappa shape index (κ2) is 12.0. The third-order valence-corrected chi connectivity index (χ3v) is 9.53. The minimum absolute atomic E-state index is 0.00430. The van der Waals surface area contributed by atoms with E-state index in [9.17, 15) is 14.4 Å². The highest BCUT2D eigenvalue weighted by Gasteiger charge is 2.44. The molecule has 0 unspecified atom stereocenters. The zero-order valence-corrected chi connectivity index (χ0v) is 23.2. The van der Waals surface area contributed by atoms with Gasteiger partial charge in [-0.05, 0) is 44.6 Å². The van der Waals surface area contributed by atoms with E-state index in [1.54, 1.807) is 5.38 Å². The molecule has 2 aromatic heterocycles. The van der Waals surface area contributed by atoms with E-state index in [0.29, 0.717) is 30.4 Å². The summed E-state index contributed by atoms with van der Waals surface area (Å²) in [6.45, 7) is 6.26. The van der Waals surface area contributed by atoms with Gasteiger partial charge in [-0.15, -0.1) is 11.3 Å². The minimum Gasteiger partial charge on any atom is -0.344 e. The van der Waals surface area contributed by atoms with Crippen LogP contribution in [0.3, 0.4) is 0 Å². The van der Waals surface area contributed by atoms with Crippen molar-refractivity contribution in [2.75, 3.05) is 19.6 Å². The average Bonchev–Trinajstić information content (AvgIpc) is 3.64. The Morgan fingerprint density at radius 2 is 1.84 bits per heavy atom. The summed E-state index contributed by atoms with van der Waals surface area (Å²) >= 11 is 1.42. The van der Waals surface area contributed by atoms with E-state index in [4.69, 9.17) is 4.98 Å². The second-order valence-electron chi connectivity index (χ2n) is 11.0. The highest BCUT2D eigenvalue weighted by Crippen LogP contribution is 2.36. The number of ketones is 1. The van der Waals surface area contributed by atoms with Crippen LogP contribution in [0.5, 0.6) is 0 Å². The Bertz CT molecular complexity index is 1130. The van der Waals surface area contributed by atoms with Gasteiger partial charge in [0, 0.05) is 42.8 Å². The molecule has 4 heterocycles. The Kier molecular flexibility index (Phi) is 8.48. The summed E-state index contributed by atoms with van der Waals surface area (Å²) in [5, 5.41) is 5.72. The molecule has 9 nitrogen and oxygen atoms in total. The second-order valence-corrected chi connectivity index (χ2v) is 11.9. The van der Waals surface area contributed by atoms with Gasteiger partial charge in [-0.1, -0.05) is 33.1 Å². The third-order valence-electron chi connectivity index (χ3n) is 8.58. The molecule has 3 fully saturated rings. The zero-order valence-electron chi connectivity index (χ0n) is 22.3. The van der Waals surface area contributed by atoms with Crippen LogP contribution in [0.1, 0.15) is 92.3 Å². The molecule has 0 aromatic carbocycles. The van der Waals surface area contributed by atoms with Crippen molar-refractivity contribution < 1.29 is 14.4 Å². The predicted molar refractivity (Wildman–Crippen MR) is 145 cm³/mol. The van der Waals surface area contributed by atoms with Crippen LogP contribution in [-0.2, 0) is 9.59 Å². The molecule has 4 atom stereocenters. The SMILES string of the molecule is CC[C@@H](C)C(=O)N[C@H](C(=O)N1C[C@H]2CCCN2C[C@H]1c1nc(C(=O)c2cncnc2)cs1)C1CCCCC1. The van der Waals surface area contributed by atoms with Crippen LogP contribution < -0.4 is 5.32 Å². The molecular formula is C28H38N6O3S. The van der Waals surface area contributed by atoms with Crippen LogP contribution >= 0.6 is 11.3 Å². The number of hydrogen-bond acceptors (Lipinski definition) is 8. The fourth-order valence-corrected chi connectivity index (χ4v) is 6.99. The molecular weight excluding hydrogens is 500 g/mol. The predicted octanol–water partition coefficient (Wildman–Crippen LogP) is 3.62. The molecule has 5 rings (SSSR count). The molecule has 0 bridgehead atoms. The molecule has 0 spiro atoms. The smallest absolute Gasteiger partial charge is 0.246 e. The van der Waals surface area contributed by atoms with Crippen molar-refractivity contribution in [2.45, 2.75) is 83.3 Å². The summed E-state index contributed by atoms with van der Waals surface area (Å²) in [7, 11) is 0. The molecule has 1 N–H and O–H groups in total. The highest BCUT2D eigenvalue weighted by atomic mass is 32.1. The Hall–Kier alpha value is -2.72. The molecule has 0 radical (unpaired) electrons. The van der Waals surface area contributed by atoms with Crippen LogP contribution in [0.4, 0.5) is 0 Å². The maximum absolute atomic E-state index is 14.4. The molecule has 204 valence electrons. The first kappa shape index (κ1) is 26.9. The van der Waals surface area contributed by atoms with E-state index in [1.165, 1.54) is 36.5 Å². The fourth-order valence-electron chi connectivity index (χ4n) is 6.09. The van der Waals surface area contributed by atoms with Gasteiger partial charge in [0.05, 0.1) is 11.6 Å². The number of hydrogen-bond donors (Lipinski definition) is 1. The number of fused-ring (bicyclic) bond motifs is 1. The lowest BCUT2D eigenvalue weighted by Crippen LogP contribution is -2.60. The molecule has 2 aromatic rings. The van der Waals surface area contributed by atoms with Gasteiger partial charge in [0.15, 0.2) is 0 Å². The number of thiazole rings is 1. The molecule has 1 saturated carbocycles. The van der Waals surface area contributed by atoms with Crippen molar-refractivity contribution in [1.29, 1.82) is 0 Å². The van der Waals surface area contributed by atoms with E-state index in [2.05, 4.69) is 20.2 Å². The van der Waals surface area contributed by atoms with Gasteiger partial charge < -0.3 is 10.2 Å². The Labute approximate surface area is 228 Å². The topological polar surface area (TPSA) is 108 Å². The van der Waals surface area contributed by atoms with Gasteiger partial charge in [-0.2, -0.15) is 0 Å². The molecule has 2 amide bonds. The average molecular weight is 539 g/mol. The van der Waals surface area contributed by atoms with Gasteiger partial charge in [0.25, 0.3) is 0 Å². The van der Waals surface area contributed by atoms with Gasteiger partial charge in [-0.25, -0.2) is 15.0 Å². The molecule has 10 heteroatoms. The molecule has 1 aliphatic carbocycles. The van der Waals surface area contributed by atoms with E-state index in [-0.39, 0.29) is 35.5 Å². The number of carbonyl (C=O) groups excluding carboxylic acids is 3. The Morgan fingerprint density at radius 3 is 2.58 bits per heavy atom. The molecule has 38 heavy (non-hydrogen) atoms. The fraction of sp³-hybridized carbons (Fsp3) is 0.643. The first-order valence-electron chi connectivity index (χ1n) is 14.1. The van der Waals surface area contributed by atoms with Crippen molar-refractivity contribution in [3.8, 4) is 0 Å². The van der Waals surface area contributed by atoms with Crippen LogP contribution in [0.25, 0.3) is 0 Å². The van der Waals surface area contributed by atoms with Gasteiger partial charge in [0.2, 0.25) is 17.6 Å². The van der Waals surface area contributed by atoms with Gasteiger partial charge >= 0.3 is 0 Å². The van der Waals surface area contributed by atoms with Gasteiger partial charge in [-0.3, -0.25) is 19.3 Å². The number of piperazine rings is 1. The number of carbonyl (C=O) groups is 3. The highest BCUT2D eigenvalue weighted by molar-refractivity contribution is 7.10. The number of aromatic nitrogens is 3. The van der Waals surface area contributed by atoms with Crippen LogP contribution in [0.15, 0.2) is 24.1 Å². The van der Waals surface area contributed by atoms with E-state index >= 15 is 0 Å². The number of amides is 2. The van der Waals surface area contributed by atoms with E-state index in [0.717, 1.165) is 56.5 Å². The van der Waals surface area contributed by atoms with Crippen molar-refractivity contribution >= 4 is 28.9 Å². The van der Waals surface area contributed by atoms with Crippen LogP contribution in [0, 0.1) is 11.8 Å². The number of rotatable bonds is 8. The van der Waals surface area contributed by atoms with Crippen LogP contribution in [0.2, 0.25) is 0 Å². The van der Waals surface area contributed by atoms with Crippen molar-refractivity contribution in [2.24, 2.45) is 11.8 Å². The first-order valence-corrected chi connectivity index (χ1v) is 14.9. The maximum atomic E-state index is 14.4. The monoisotopic (exact) mass is 538 g/mol. The van der Waals surface area contributed by atoms with Crippen LogP contribution in [-0.4, -0.2) is 74.1 Å². The molecule has 2 aliphatic heterocycles. The quantitative estimate of drug-likeness (QED) is 0.512. The van der Waals surface area contributed by atoms with Gasteiger partial charge in [0.1, 0.15) is 23.1 Å². The lowest BCUT2D eigenvalue weighted by molar-refractivity contribution is -0.144. The Balaban J connectivity index is 1.43. The lowest BCUT2D eigenvalue weighted by atomic mass is 9.82. The van der Waals surface area contributed by atoms with E-state index in [1.807, 2.05) is 18.7 Å². The summed E-state index contributed by atoms with van der Waals surface area (Å²) in [6, 6.07) is -0.438. The summed E-state index contributed by atoms with van der Waals surface area (Å²) in [6.07, 6.45) is 12.6. The normalized spacial score (nSPS) is 24.0. The summed E-state index contributed by atoms with van der Waals surface area (Å²) in [5.41, 5.74) is 0.746. The number of nitrogens with one attached hydrogen (secondary N) is 1. The lowest BCUT2D eigenvalue weighted by Gasteiger charge is -2.45. The standard InChI is InChI=1S/C28H38N6O3S/c1-3-18(2)26(36)32-24(19-8-5-4-6-9-19)28(37)34-14-21-10-7-11-33(21)15-23(34)27-31-22(16-38-27)25(35)20-12-29-17-30-13-20/h12-13,16-19,21,23-24H,3-11,14-15H2,1-2H3,(H,32,36)/t18-,21-,23+,24+/m1/s1. The summed E-state index contributed by atoms with van der Waals surface area (Å²) in [5.74, 6) is -0.241. The summed E-state index contributed by atoms with van der Waals surface area (Å²) in [4.78, 5) is 57.4. The van der Waals surface area contributed by atoms with Crippen molar-refractivity contribution in [1.82, 2.24) is 30.1 Å². The third kappa shape index (κ3) is 5.66. The Morgan fingerprint density at radius 1 is 1.08 bits per heavy atom. The maximum Gasteiger partial charge on any atom is 0.246 e. The molecule has 2 saturated heterocycles. The number of nitrogens with zero attached hydrogens (tertiary/aromatic N) is 5. The largest absolute Gasteiger partial charge is 0.344 e. The van der Waals surface area contributed by atoms with E-state index < -0.39 is 6.04 Å². The van der Waals surface area contributed by atoms with Crippen molar-refractivity contribution in [3.63, 3.8) is 0 Å². The van der Waals surface area contributed by atoms with Crippen molar-refractivity contribution in [3.05, 3.63) is 40.4 Å². The minimum atomic E-state index is -0.519. The molecule has 3 aliphatic rings. The first-order chi connectivity index (χ1) is 18.5. The summed E-state index contributed by atoms with van der Waals surface area (Å²) < 4.78 is 0.